The summed E-state index contributed by atoms with van der Waals surface area (Å²) >= 11 is 0. The van der Waals surface area contributed by atoms with E-state index in [-0.39, 0.29) is 12.6 Å². The van der Waals surface area contributed by atoms with E-state index in [0.717, 1.165) is 22.6 Å². The monoisotopic (exact) mass is 294 g/mol. The Hall–Kier alpha value is -2.32. The van der Waals surface area contributed by atoms with Crippen molar-refractivity contribution in [2.45, 2.75) is 52.7 Å². The van der Waals surface area contributed by atoms with Gasteiger partial charge in [-0.1, -0.05) is 13.3 Å². The summed E-state index contributed by atoms with van der Waals surface area (Å²) in [6.45, 7) is 5.91. The molecule has 21 heavy (non-hydrogen) atoms. The topological polar surface area (TPSA) is 101 Å². The molecule has 114 valence electrons. The molecule has 9 heteroatoms. The van der Waals surface area contributed by atoms with Gasteiger partial charge in [0.1, 0.15) is 0 Å². The van der Waals surface area contributed by atoms with E-state index in [9.17, 15) is 14.4 Å². The van der Waals surface area contributed by atoms with E-state index in [1.807, 2.05) is 6.92 Å². The van der Waals surface area contributed by atoms with E-state index in [1.165, 1.54) is 0 Å². The minimum atomic E-state index is -0.834. The number of hydrogen-bond acceptors (Lipinski definition) is 6. The zero-order valence-corrected chi connectivity index (χ0v) is 12.3. The number of urea groups is 1. The fraction of sp³-hybridized carbons (Fsp3) is 0.667. The van der Waals surface area contributed by atoms with Gasteiger partial charge in [0, 0.05) is 12.6 Å². The van der Waals surface area contributed by atoms with E-state index in [4.69, 9.17) is 0 Å². The molecule has 0 unspecified atom stereocenters. The van der Waals surface area contributed by atoms with E-state index in [0.29, 0.717) is 12.4 Å². The van der Waals surface area contributed by atoms with Gasteiger partial charge in [0.15, 0.2) is 5.82 Å². The van der Waals surface area contributed by atoms with E-state index in [2.05, 4.69) is 15.5 Å². The highest BCUT2D eigenvalue weighted by Crippen LogP contribution is 2.17. The molecule has 9 nitrogen and oxygen atoms in total. The lowest BCUT2D eigenvalue weighted by Gasteiger charge is -2.18. The van der Waals surface area contributed by atoms with Crippen LogP contribution in [-0.4, -0.2) is 53.9 Å². The quantitative estimate of drug-likeness (QED) is 0.547. The number of imide groups is 2. The van der Waals surface area contributed by atoms with Gasteiger partial charge in [-0.2, -0.15) is 0 Å². The molecule has 2 heterocycles. The molecule has 1 aromatic rings. The number of aromatic nitrogens is 4. The minimum Gasteiger partial charge on any atom is -0.263 e. The Morgan fingerprint density at radius 1 is 1.14 bits per heavy atom. The highest BCUT2D eigenvalue weighted by Gasteiger charge is 2.46. The van der Waals surface area contributed by atoms with E-state index >= 15 is 0 Å². The number of amides is 4. The first-order valence-corrected chi connectivity index (χ1v) is 6.91. The summed E-state index contributed by atoms with van der Waals surface area (Å²) in [4.78, 5) is 37.7. The molecular weight excluding hydrogens is 276 g/mol. The predicted octanol–water partition coefficient (Wildman–Crippen LogP) is 0.172. The Kier molecular flexibility index (Phi) is 4.29. The normalized spacial score (nSPS) is 15.7. The molecule has 2 rings (SSSR count). The van der Waals surface area contributed by atoms with Crippen molar-refractivity contribution >= 4 is 17.8 Å². The summed E-state index contributed by atoms with van der Waals surface area (Å²) in [5, 5.41) is 11.2. The zero-order chi connectivity index (χ0) is 15.6. The molecule has 1 saturated heterocycles. The number of hydrogen-bond donors (Lipinski definition) is 0. The third-order valence-electron chi connectivity index (χ3n) is 3.23. The van der Waals surface area contributed by atoms with Gasteiger partial charge in [-0.15, -0.1) is 5.10 Å². The highest BCUT2D eigenvalue weighted by molar-refractivity contribution is 6.44. The summed E-state index contributed by atoms with van der Waals surface area (Å²) < 4.78 is 1.55. The van der Waals surface area contributed by atoms with Crippen LogP contribution in [0.5, 0.6) is 0 Å². The van der Waals surface area contributed by atoms with E-state index in [1.54, 1.807) is 18.5 Å². The number of unbranched alkanes of at least 4 members (excludes halogenated alkanes) is 1. The van der Waals surface area contributed by atoms with Crippen molar-refractivity contribution in [1.82, 2.24) is 30.0 Å². The SMILES string of the molecule is CCCCn1nnnc1CN1C(=O)C(=O)N(C(C)C)C1=O. The lowest BCUT2D eigenvalue weighted by Crippen LogP contribution is -2.38. The van der Waals surface area contributed by atoms with Gasteiger partial charge in [-0.25, -0.2) is 14.4 Å². The maximum absolute atomic E-state index is 12.2. The van der Waals surface area contributed by atoms with Crippen LogP contribution in [0.15, 0.2) is 0 Å². The molecular formula is C12H18N6O3. The van der Waals surface area contributed by atoms with Gasteiger partial charge >= 0.3 is 17.8 Å². The molecule has 0 N–H and O–H groups in total. The number of carbonyl (C=O) groups excluding carboxylic acids is 3. The maximum atomic E-state index is 12.2. The van der Waals surface area contributed by atoms with Crippen LogP contribution in [0.3, 0.4) is 0 Å². The number of rotatable bonds is 6. The van der Waals surface area contributed by atoms with Crippen LogP contribution in [0.2, 0.25) is 0 Å². The Labute approximate surface area is 121 Å². The third kappa shape index (κ3) is 2.76. The molecule has 1 aliphatic rings. The van der Waals surface area contributed by atoms with Crippen LogP contribution in [0.1, 0.15) is 39.4 Å². The molecule has 4 amide bonds. The molecule has 0 aliphatic carbocycles. The molecule has 0 atom stereocenters. The van der Waals surface area contributed by atoms with Crippen LogP contribution in [0, 0.1) is 0 Å². The standard InChI is InChI=1S/C12H18N6O3/c1-4-5-6-17-9(13-14-15-17)7-16-10(19)11(20)18(8(2)3)12(16)21/h8H,4-7H2,1-3H3. The summed E-state index contributed by atoms with van der Waals surface area (Å²) in [5.41, 5.74) is 0. The summed E-state index contributed by atoms with van der Waals surface area (Å²) in [5.74, 6) is -1.25. The van der Waals surface area contributed by atoms with E-state index < -0.39 is 17.8 Å². The van der Waals surface area contributed by atoms with Crippen molar-refractivity contribution in [3.8, 4) is 0 Å². The van der Waals surface area contributed by atoms with Crippen LogP contribution in [-0.2, 0) is 22.7 Å². The van der Waals surface area contributed by atoms with Crippen molar-refractivity contribution in [1.29, 1.82) is 0 Å². The fourth-order valence-electron chi connectivity index (χ4n) is 2.08. The summed E-state index contributed by atoms with van der Waals surface area (Å²) in [6.07, 6.45) is 1.86. The second-order valence-corrected chi connectivity index (χ2v) is 5.11. The van der Waals surface area contributed by atoms with Crippen molar-refractivity contribution < 1.29 is 14.4 Å². The Morgan fingerprint density at radius 3 is 2.43 bits per heavy atom. The second kappa shape index (κ2) is 5.98. The molecule has 1 aliphatic heterocycles. The van der Waals surface area contributed by atoms with Crippen LogP contribution in [0.25, 0.3) is 0 Å². The molecule has 1 fully saturated rings. The molecule has 0 bridgehead atoms. The Balaban J connectivity index is 2.16. The van der Waals surface area contributed by atoms with Crippen LogP contribution < -0.4 is 0 Å². The molecule has 0 spiro atoms. The van der Waals surface area contributed by atoms with Crippen molar-refractivity contribution in [3.63, 3.8) is 0 Å². The molecule has 0 radical (unpaired) electrons. The lowest BCUT2D eigenvalue weighted by molar-refractivity contribution is -0.144. The van der Waals surface area contributed by atoms with Crippen molar-refractivity contribution in [2.75, 3.05) is 0 Å². The third-order valence-corrected chi connectivity index (χ3v) is 3.23. The second-order valence-electron chi connectivity index (χ2n) is 5.11. The van der Waals surface area contributed by atoms with Gasteiger partial charge in [-0.05, 0) is 30.7 Å². The first-order valence-electron chi connectivity index (χ1n) is 6.91. The number of carbonyl (C=O) groups is 3. The zero-order valence-electron chi connectivity index (χ0n) is 12.3. The van der Waals surface area contributed by atoms with Gasteiger partial charge in [0.05, 0.1) is 6.54 Å². The minimum absolute atomic E-state index is 0.0939. The lowest BCUT2D eigenvalue weighted by atomic mass is 10.3. The largest absolute Gasteiger partial charge is 0.334 e. The van der Waals surface area contributed by atoms with Crippen LogP contribution >= 0.6 is 0 Å². The molecule has 0 saturated carbocycles. The number of tetrazole rings is 1. The van der Waals surface area contributed by atoms with Crippen molar-refractivity contribution in [3.05, 3.63) is 5.82 Å². The van der Waals surface area contributed by atoms with Crippen LogP contribution in [0.4, 0.5) is 4.79 Å². The Bertz CT molecular complexity index is 567. The molecule has 0 aromatic carbocycles. The first kappa shape index (κ1) is 15.1. The average Bonchev–Trinajstić information content (AvgIpc) is 2.95. The molecule has 1 aromatic heterocycles. The Morgan fingerprint density at radius 2 is 1.86 bits per heavy atom. The first-order chi connectivity index (χ1) is 9.97. The maximum Gasteiger partial charge on any atom is 0.334 e. The average molecular weight is 294 g/mol. The number of nitrogens with zero attached hydrogens (tertiary/aromatic N) is 6. The summed E-state index contributed by atoms with van der Waals surface area (Å²) in [7, 11) is 0. The van der Waals surface area contributed by atoms with Gasteiger partial charge in [-0.3, -0.25) is 14.5 Å². The van der Waals surface area contributed by atoms with Crippen molar-refractivity contribution in [2.24, 2.45) is 0 Å². The highest BCUT2D eigenvalue weighted by atomic mass is 16.2. The summed E-state index contributed by atoms with van der Waals surface area (Å²) in [6, 6.07) is -0.986. The van der Waals surface area contributed by atoms with Gasteiger partial charge < -0.3 is 0 Å². The van der Waals surface area contributed by atoms with Gasteiger partial charge in [0.25, 0.3) is 0 Å². The predicted molar refractivity (Wildman–Crippen MR) is 70.7 cm³/mol. The fourth-order valence-corrected chi connectivity index (χ4v) is 2.08. The smallest absolute Gasteiger partial charge is 0.263 e. The number of aryl methyl sites for hydroxylation is 1. The van der Waals surface area contributed by atoms with Gasteiger partial charge in [0.2, 0.25) is 0 Å².